The van der Waals surface area contributed by atoms with E-state index in [1.54, 1.807) is 0 Å². The van der Waals surface area contributed by atoms with Crippen molar-refractivity contribution in [2.75, 3.05) is 0 Å². The highest BCUT2D eigenvalue weighted by Crippen LogP contribution is 2.29. The Balaban J connectivity index is 2.29. The standard InChI is InChI=1S/C15H13/c1-11-6-9-15-13(10-11)8-7-12-4-2-3-5-14(12)15/h2-9H,10H2,1H3/q+1. The second kappa shape index (κ2) is 3.16. The normalized spacial score (nSPS) is 14.3. The Morgan fingerprint density at radius 2 is 1.93 bits per heavy atom. The van der Waals surface area contributed by atoms with Gasteiger partial charge in [0.05, 0.1) is 11.8 Å². The van der Waals surface area contributed by atoms with Gasteiger partial charge < -0.3 is 0 Å². The van der Waals surface area contributed by atoms with Crippen molar-refractivity contribution in [3.63, 3.8) is 0 Å². The van der Waals surface area contributed by atoms with Crippen LogP contribution in [0.15, 0.2) is 48.0 Å². The van der Waals surface area contributed by atoms with Crippen LogP contribution in [0.3, 0.4) is 0 Å². The molecule has 0 amide bonds. The molecule has 2 aromatic carbocycles. The first-order valence-electron chi connectivity index (χ1n) is 5.36. The van der Waals surface area contributed by atoms with Gasteiger partial charge in [-0.1, -0.05) is 12.1 Å². The summed E-state index contributed by atoms with van der Waals surface area (Å²) >= 11 is 0. The van der Waals surface area contributed by atoms with Crippen LogP contribution in [0.25, 0.3) is 10.8 Å². The fraction of sp³-hybridized carbons (Fsp3) is 0.133. The highest BCUT2D eigenvalue weighted by molar-refractivity contribution is 5.88. The third-order valence-electron chi connectivity index (χ3n) is 3.06. The summed E-state index contributed by atoms with van der Waals surface area (Å²) in [4.78, 5) is 0. The average molecular weight is 193 g/mol. The first-order valence-corrected chi connectivity index (χ1v) is 5.36. The van der Waals surface area contributed by atoms with Crippen molar-refractivity contribution in [2.45, 2.75) is 13.3 Å². The second-order valence-corrected chi connectivity index (χ2v) is 4.22. The Morgan fingerprint density at radius 3 is 2.87 bits per heavy atom. The molecule has 0 nitrogen and oxygen atoms in total. The van der Waals surface area contributed by atoms with Crippen molar-refractivity contribution >= 4 is 10.8 Å². The van der Waals surface area contributed by atoms with Crippen molar-refractivity contribution in [2.24, 2.45) is 0 Å². The molecule has 0 spiro atoms. The van der Waals surface area contributed by atoms with Gasteiger partial charge in [-0.2, -0.15) is 0 Å². The number of fused-ring (bicyclic) bond motifs is 3. The number of allylic oxidation sites excluding steroid dienone is 2. The van der Waals surface area contributed by atoms with Gasteiger partial charge >= 0.3 is 0 Å². The highest BCUT2D eigenvalue weighted by Gasteiger charge is 2.18. The van der Waals surface area contributed by atoms with E-state index in [0.717, 1.165) is 6.42 Å². The lowest BCUT2D eigenvalue weighted by Gasteiger charge is -2.09. The van der Waals surface area contributed by atoms with Gasteiger partial charge in [0.2, 0.25) is 0 Å². The third kappa shape index (κ3) is 1.33. The molecule has 0 aliphatic heterocycles. The quantitative estimate of drug-likeness (QED) is 0.557. The van der Waals surface area contributed by atoms with E-state index < -0.39 is 0 Å². The molecule has 1 aliphatic rings. The first-order chi connectivity index (χ1) is 7.34. The van der Waals surface area contributed by atoms with Gasteiger partial charge in [0, 0.05) is 29.0 Å². The van der Waals surface area contributed by atoms with Crippen molar-refractivity contribution in [3.8, 4) is 0 Å². The van der Waals surface area contributed by atoms with Crippen LogP contribution < -0.4 is 0 Å². The van der Waals surface area contributed by atoms with Gasteiger partial charge in [0.25, 0.3) is 0 Å². The molecule has 0 atom stereocenters. The molecular weight excluding hydrogens is 180 g/mol. The van der Waals surface area contributed by atoms with E-state index in [1.165, 1.54) is 27.5 Å². The van der Waals surface area contributed by atoms with Gasteiger partial charge in [-0.15, -0.1) is 0 Å². The van der Waals surface area contributed by atoms with Crippen molar-refractivity contribution in [1.82, 2.24) is 0 Å². The summed E-state index contributed by atoms with van der Waals surface area (Å²) in [5.41, 5.74) is 4.30. The summed E-state index contributed by atoms with van der Waals surface area (Å²) in [7, 11) is 0. The molecule has 0 saturated heterocycles. The number of hydrogen-bond acceptors (Lipinski definition) is 0. The molecule has 0 aromatic heterocycles. The zero-order chi connectivity index (χ0) is 10.3. The van der Waals surface area contributed by atoms with Crippen LogP contribution in [-0.4, -0.2) is 0 Å². The smallest absolute Gasteiger partial charge is 0.0599 e. The molecule has 0 unspecified atom stereocenters. The first kappa shape index (κ1) is 8.60. The van der Waals surface area contributed by atoms with Crippen LogP contribution in [-0.2, 0) is 6.42 Å². The van der Waals surface area contributed by atoms with Crippen LogP contribution in [0.1, 0.15) is 18.1 Å². The molecule has 0 radical (unpaired) electrons. The van der Waals surface area contributed by atoms with E-state index >= 15 is 0 Å². The zero-order valence-electron chi connectivity index (χ0n) is 8.83. The van der Waals surface area contributed by atoms with E-state index in [9.17, 15) is 0 Å². The molecule has 72 valence electrons. The van der Waals surface area contributed by atoms with Gasteiger partial charge in [-0.25, -0.2) is 0 Å². The Morgan fingerprint density at radius 1 is 1.07 bits per heavy atom. The number of hydrogen-bond donors (Lipinski definition) is 0. The Hall–Kier alpha value is -1.69. The SMILES string of the molecule is CC1=C[CH+]c2c(ccc3ccccc23)C1. The predicted molar refractivity (Wildman–Crippen MR) is 64.8 cm³/mol. The molecule has 2 aromatic rings. The van der Waals surface area contributed by atoms with Gasteiger partial charge in [0.15, 0.2) is 0 Å². The van der Waals surface area contributed by atoms with E-state index in [0.29, 0.717) is 0 Å². The summed E-state index contributed by atoms with van der Waals surface area (Å²) < 4.78 is 0. The minimum Gasteiger partial charge on any atom is -0.0599 e. The topological polar surface area (TPSA) is 0 Å². The van der Waals surface area contributed by atoms with E-state index in [2.05, 4.69) is 55.8 Å². The van der Waals surface area contributed by atoms with Gasteiger partial charge in [-0.05, 0) is 31.2 Å². The van der Waals surface area contributed by atoms with Crippen LogP contribution in [0, 0.1) is 6.42 Å². The molecule has 15 heavy (non-hydrogen) atoms. The van der Waals surface area contributed by atoms with Gasteiger partial charge in [0.1, 0.15) is 5.56 Å². The molecule has 0 N–H and O–H groups in total. The Kier molecular flexibility index (Phi) is 1.81. The molecule has 0 heterocycles. The summed E-state index contributed by atoms with van der Waals surface area (Å²) in [6, 6.07) is 13.1. The summed E-state index contributed by atoms with van der Waals surface area (Å²) in [5.74, 6) is 0. The average Bonchev–Trinajstić information content (AvgIpc) is 2.28. The number of benzene rings is 2. The van der Waals surface area contributed by atoms with E-state index in [1.807, 2.05) is 0 Å². The molecule has 0 bridgehead atoms. The van der Waals surface area contributed by atoms with Gasteiger partial charge in [-0.3, -0.25) is 0 Å². The molecular formula is C15H13+. The Labute approximate surface area is 90.2 Å². The van der Waals surface area contributed by atoms with Crippen LogP contribution in [0.2, 0.25) is 0 Å². The largest absolute Gasteiger partial charge is 0.107 e. The summed E-state index contributed by atoms with van der Waals surface area (Å²) in [5, 5.41) is 2.71. The zero-order valence-corrected chi connectivity index (χ0v) is 8.83. The van der Waals surface area contributed by atoms with E-state index in [4.69, 9.17) is 0 Å². The third-order valence-corrected chi connectivity index (χ3v) is 3.06. The molecule has 0 saturated carbocycles. The van der Waals surface area contributed by atoms with Crippen molar-refractivity contribution in [3.05, 3.63) is 65.6 Å². The maximum Gasteiger partial charge on any atom is 0.107 e. The van der Waals surface area contributed by atoms with Crippen molar-refractivity contribution < 1.29 is 0 Å². The monoisotopic (exact) mass is 193 g/mol. The van der Waals surface area contributed by atoms with Crippen molar-refractivity contribution in [1.29, 1.82) is 0 Å². The lowest BCUT2D eigenvalue weighted by atomic mass is 9.88. The lowest BCUT2D eigenvalue weighted by molar-refractivity contribution is 1.10. The molecule has 0 fully saturated rings. The fourth-order valence-corrected chi connectivity index (χ4v) is 2.28. The molecule has 3 rings (SSSR count). The summed E-state index contributed by atoms with van der Waals surface area (Å²) in [6.45, 7) is 2.19. The summed E-state index contributed by atoms with van der Waals surface area (Å²) in [6.07, 6.45) is 5.57. The number of rotatable bonds is 0. The Bertz CT molecular complexity index is 547. The molecule has 0 heteroatoms. The van der Waals surface area contributed by atoms with E-state index in [-0.39, 0.29) is 0 Å². The highest BCUT2D eigenvalue weighted by atomic mass is 14.1. The minimum absolute atomic E-state index is 1.09. The van der Waals surface area contributed by atoms with Crippen LogP contribution >= 0.6 is 0 Å². The van der Waals surface area contributed by atoms with Crippen LogP contribution in [0.4, 0.5) is 0 Å². The fourth-order valence-electron chi connectivity index (χ4n) is 2.28. The maximum atomic E-state index is 2.25. The minimum atomic E-state index is 1.09. The molecule has 1 aliphatic carbocycles. The maximum absolute atomic E-state index is 2.25. The predicted octanol–water partition coefficient (Wildman–Crippen LogP) is 3.89. The lowest BCUT2D eigenvalue weighted by Crippen LogP contribution is -2.00. The second-order valence-electron chi connectivity index (χ2n) is 4.22. The van der Waals surface area contributed by atoms with Crippen LogP contribution in [0.5, 0.6) is 0 Å².